The summed E-state index contributed by atoms with van der Waals surface area (Å²) >= 11 is 0. The number of nitrogens with one attached hydrogen (secondary N) is 1. The topological polar surface area (TPSA) is 91.2 Å². The molecule has 0 bridgehead atoms. The summed E-state index contributed by atoms with van der Waals surface area (Å²) in [4.78, 5) is 12.4. The standard InChI is InChI=1S/C21H26N4O3S/c1-2-3-12-21(23-24-21)13-14-22-20(26)19-9-15-25(16-10-19)29(27,28)17-11-18-7-5-4-6-8-18/h1,4-8,11,17,19H,3,9-10,12-16H2,(H,22,26)/b17-11+. The molecule has 8 heteroatoms. The lowest BCUT2D eigenvalue weighted by Crippen LogP contribution is -2.42. The fraction of sp³-hybridized carbons (Fsp3) is 0.476. The van der Waals surface area contributed by atoms with Crippen molar-refractivity contribution in [1.82, 2.24) is 9.62 Å². The second kappa shape index (κ2) is 9.33. The van der Waals surface area contributed by atoms with Crippen molar-refractivity contribution in [1.29, 1.82) is 0 Å². The summed E-state index contributed by atoms with van der Waals surface area (Å²) in [6.45, 7) is 1.18. The van der Waals surface area contributed by atoms with Crippen molar-refractivity contribution in [3.63, 3.8) is 0 Å². The first-order chi connectivity index (χ1) is 13.9. The van der Waals surface area contributed by atoms with Crippen LogP contribution in [0.2, 0.25) is 0 Å². The maximum atomic E-state index is 12.5. The zero-order valence-electron chi connectivity index (χ0n) is 16.3. The van der Waals surface area contributed by atoms with Crippen LogP contribution in [0.1, 0.15) is 37.7 Å². The van der Waals surface area contributed by atoms with E-state index in [1.165, 1.54) is 9.71 Å². The number of benzene rings is 1. The van der Waals surface area contributed by atoms with Crippen LogP contribution in [0.3, 0.4) is 0 Å². The van der Waals surface area contributed by atoms with Crippen LogP contribution >= 0.6 is 0 Å². The van der Waals surface area contributed by atoms with Gasteiger partial charge in [-0.1, -0.05) is 30.3 Å². The molecule has 3 rings (SSSR count). The summed E-state index contributed by atoms with van der Waals surface area (Å²) in [6.07, 6.45) is 9.88. The van der Waals surface area contributed by atoms with E-state index in [1.807, 2.05) is 30.3 Å². The SMILES string of the molecule is C#CCCC1(CCNC(=O)C2CCN(S(=O)(=O)/C=C/c3ccccc3)CC2)N=N1. The minimum Gasteiger partial charge on any atom is -0.356 e. The van der Waals surface area contributed by atoms with E-state index in [-0.39, 0.29) is 11.8 Å². The van der Waals surface area contributed by atoms with Crippen LogP contribution in [0.15, 0.2) is 46.0 Å². The molecule has 1 amide bonds. The Morgan fingerprint density at radius 2 is 1.93 bits per heavy atom. The molecule has 0 spiro atoms. The lowest BCUT2D eigenvalue weighted by atomic mass is 9.97. The molecular formula is C21H26N4O3S. The first-order valence-electron chi connectivity index (χ1n) is 9.83. The number of piperidine rings is 1. The molecule has 1 aromatic carbocycles. The van der Waals surface area contributed by atoms with Crippen LogP contribution in [0.25, 0.3) is 6.08 Å². The van der Waals surface area contributed by atoms with Gasteiger partial charge in [-0.2, -0.15) is 14.5 Å². The molecule has 2 aliphatic rings. The first kappa shape index (κ1) is 21.2. The average molecular weight is 415 g/mol. The van der Waals surface area contributed by atoms with E-state index < -0.39 is 15.7 Å². The highest BCUT2D eigenvalue weighted by Gasteiger charge is 2.39. The van der Waals surface area contributed by atoms with Gasteiger partial charge in [0.05, 0.1) is 0 Å². The quantitative estimate of drug-likeness (QED) is 0.630. The van der Waals surface area contributed by atoms with Gasteiger partial charge < -0.3 is 5.32 Å². The average Bonchev–Trinajstić information content (AvgIpc) is 3.51. The van der Waals surface area contributed by atoms with Gasteiger partial charge in [-0.15, -0.1) is 12.3 Å². The van der Waals surface area contributed by atoms with Gasteiger partial charge in [0.1, 0.15) is 0 Å². The van der Waals surface area contributed by atoms with E-state index in [0.717, 1.165) is 5.56 Å². The Labute approximate surface area is 172 Å². The third-order valence-electron chi connectivity index (χ3n) is 5.29. The molecule has 0 unspecified atom stereocenters. The van der Waals surface area contributed by atoms with E-state index in [9.17, 15) is 13.2 Å². The highest BCUT2D eigenvalue weighted by molar-refractivity contribution is 7.92. The van der Waals surface area contributed by atoms with Crippen LogP contribution in [-0.2, 0) is 14.8 Å². The zero-order valence-corrected chi connectivity index (χ0v) is 17.1. The maximum Gasteiger partial charge on any atom is 0.236 e. The van der Waals surface area contributed by atoms with Crippen LogP contribution in [0.4, 0.5) is 0 Å². The summed E-state index contributed by atoms with van der Waals surface area (Å²) in [5.74, 6) is 2.38. The largest absolute Gasteiger partial charge is 0.356 e. The minimum atomic E-state index is -3.49. The van der Waals surface area contributed by atoms with Crippen molar-refractivity contribution < 1.29 is 13.2 Å². The normalized spacial score (nSPS) is 19.1. The summed E-state index contributed by atoms with van der Waals surface area (Å²) in [5, 5.41) is 12.3. The fourth-order valence-corrected chi connectivity index (χ4v) is 4.61. The Balaban J connectivity index is 1.42. The molecule has 154 valence electrons. The molecule has 29 heavy (non-hydrogen) atoms. The maximum absolute atomic E-state index is 12.5. The zero-order chi connectivity index (χ0) is 20.7. The van der Waals surface area contributed by atoms with Gasteiger partial charge in [-0.05, 0) is 24.5 Å². The first-order valence-corrected chi connectivity index (χ1v) is 11.3. The van der Waals surface area contributed by atoms with Gasteiger partial charge in [0, 0.05) is 50.2 Å². The molecule has 0 saturated carbocycles. The molecule has 1 aromatic rings. The number of hydrogen-bond donors (Lipinski definition) is 1. The Kier molecular flexibility index (Phi) is 6.83. The van der Waals surface area contributed by atoms with Crippen molar-refractivity contribution in [2.75, 3.05) is 19.6 Å². The van der Waals surface area contributed by atoms with Gasteiger partial charge in [0.25, 0.3) is 0 Å². The predicted octanol–water partition coefficient (Wildman–Crippen LogP) is 2.78. The molecule has 7 nitrogen and oxygen atoms in total. The minimum absolute atomic E-state index is 0.0328. The summed E-state index contributed by atoms with van der Waals surface area (Å²) in [5.41, 5.74) is 0.432. The molecule has 1 saturated heterocycles. The monoisotopic (exact) mass is 414 g/mol. The molecule has 2 heterocycles. The molecule has 2 aliphatic heterocycles. The molecule has 0 aliphatic carbocycles. The number of rotatable bonds is 9. The van der Waals surface area contributed by atoms with Gasteiger partial charge >= 0.3 is 0 Å². The number of carbonyl (C=O) groups excluding carboxylic acids is 1. The number of carbonyl (C=O) groups is 1. The van der Waals surface area contributed by atoms with E-state index >= 15 is 0 Å². The Hall–Kier alpha value is -2.50. The van der Waals surface area contributed by atoms with Crippen molar-refractivity contribution in [2.45, 2.75) is 37.8 Å². The lowest BCUT2D eigenvalue weighted by molar-refractivity contribution is -0.126. The predicted molar refractivity (Wildman–Crippen MR) is 112 cm³/mol. The van der Waals surface area contributed by atoms with E-state index in [2.05, 4.69) is 21.5 Å². The highest BCUT2D eigenvalue weighted by atomic mass is 32.2. The van der Waals surface area contributed by atoms with E-state index in [1.54, 1.807) is 6.08 Å². The number of nitrogens with zero attached hydrogens (tertiary/aromatic N) is 3. The van der Waals surface area contributed by atoms with Gasteiger partial charge in [0.2, 0.25) is 15.9 Å². The van der Waals surface area contributed by atoms with Crippen molar-refractivity contribution in [3.05, 3.63) is 41.3 Å². The number of amides is 1. The van der Waals surface area contributed by atoms with Gasteiger partial charge in [-0.25, -0.2) is 8.42 Å². The van der Waals surface area contributed by atoms with Crippen LogP contribution in [-0.4, -0.2) is 43.9 Å². The van der Waals surface area contributed by atoms with Crippen molar-refractivity contribution >= 4 is 22.0 Å². The van der Waals surface area contributed by atoms with Crippen LogP contribution in [0.5, 0.6) is 0 Å². The second-order valence-corrected chi connectivity index (χ2v) is 9.18. The van der Waals surface area contributed by atoms with E-state index in [0.29, 0.717) is 51.7 Å². The molecule has 1 fully saturated rings. The molecule has 1 N–H and O–H groups in total. The number of sulfonamides is 1. The van der Waals surface area contributed by atoms with Crippen LogP contribution in [0, 0.1) is 18.3 Å². The molecule has 0 radical (unpaired) electrons. The summed E-state index contributed by atoms with van der Waals surface area (Å²) in [6, 6.07) is 9.30. The second-order valence-electron chi connectivity index (χ2n) is 7.36. The molecule has 0 aromatic heterocycles. The third-order valence-corrected chi connectivity index (χ3v) is 6.86. The number of terminal acetylenes is 1. The Morgan fingerprint density at radius 3 is 2.55 bits per heavy atom. The van der Waals surface area contributed by atoms with E-state index in [4.69, 9.17) is 6.42 Å². The molecule has 0 atom stereocenters. The smallest absolute Gasteiger partial charge is 0.236 e. The molecular weight excluding hydrogens is 388 g/mol. The van der Waals surface area contributed by atoms with Gasteiger partial charge in [-0.3, -0.25) is 4.79 Å². The van der Waals surface area contributed by atoms with Crippen molar-refractivity contribution in [2.24, 2.45) is 16.1 Å². The fourth-order valence-electron chi connectivity index (χ4n) is 3.39. The Morgan fingerprint density at radius 1 is 1.24 bits per heavy atom. The van der Waals surface area contributed by atoms with Gasteiger partial charge in [0.15, 0.2) is 5.66 Å². The van der Waals surface area contributed by atoms with Crippen molar-refractivity contribution in [3.8, 4) is 12.3 Å². The third kappa shape index (κ3) is 5.99. The summed E-state index contributed by atoms with van der Waals surface area (Å²) < 4.78 is 26.5. The number of hydrogen-bond acceptors (Lipinski definition) is 5. The summed E-state index contributed by atoms with van der Waals surface area (Å²) in [7, 11) is -3.49. The highest BCUT2D eigenvalue weighted by Crippen LogP contribution is 2.36. The Bertz CT molecular complexity index is 905. The van der Waals surface area contributed by atoms with Crippen LogP contribution < -0.4 is 5.32 Å². The lowest BCUT2D eigenvalue weighted by Gasteiger charge is -2.29.